The van der Waals surface area contributed by atoms with Crippen molar-refractivity contribution in [1.29, 1.82) is 0 Å². The SMILES string of the molecule is Cc1ccc2nc(CN3CC[C@@H](N)C3)cc(=O)n2c1.Cl. The lowest BCUT2D eigenvalue weighted by atomic mass is 10.3. The van der Waals surface area contributed by atoms with Crippen LogP contribution >= 0.6 is 12.4 Å². The van der Waals surface area contributed by atoms with Crippen LogP contribution in [0.4, 0.5) is 0 Å². The van der Waals surface area contributed by atoms with Gasteiger partial charge < -0.3 is 5.73 Å². The van der Waals surface area contributed by atoms with Gasteiger partial charge in [0.1, 0.15) is 5.65 Å². The van der Waals surface area contributed by atoms with Crippen LogP contribution < -0.4 is 11.3 Å². The third kappa shape index (κ3) is 3.00. The van der Waals surface area contributed by atoms with E-state index in [1.807, 2.05) is 25.3 Å². The normalized spacial score (nSPS) is 19.2. The third-order valence-electron chi connectivity index (χ3n) is 3.55. The standard InChI is InChI=1S/C14H18N4O.ClH/c1-10-2-3-13-16-12(6-14(19)18(13)7-10)9-17-5-4-11(15)8-17;/h2-3,6-7,11H,4-5,8-9,15H2,1H3;1H/t11-;/m1./s1. The van der Waals surface area contributed by atoms with Crippen LogP contribution in [-0.2, 0) is 6.54 Å². The second-order valence-corrected chi connectivity index (χ2v) is 5.30. The van der Waals surface area contributed by atoms with Crippen molar-refractivity contribution in [3.63, 3.8) is 0 Å². The second-order valence-electron chi connectivity index (χ2n) is 5.30. The van der Waals surface area contributed by atoms with E-state index in [9.17, 15) is 4.79 Å². The van der Waals surface area contributed by atoms with E-state index >= 15 is 0 Å². The van der Waals surface area contributed by atoms with Crippen LogP contribution in [0, 0.1) is 6.92 Å². The molecule has 6 heteroatoms. The largest absolute Gasteiger partial charge is 0.326 e. The fraction of sp³-hybridized carbons (Fsp3) is 0.429. The second kappa shape index (κ2) is 5.91. The molecular formula is C14H19ClN4O. The Balaban J connectivity index is 0.00000147. The molecule has 108 valence electrons. The summed E-state index contributed by atoms with van der Waals surface area (Å²) >= 11 is 0. The Kier molecular flexibility index (Phi) is 4.42. The number of aryl methyl sites for hydroxylation is 1. The van der Waals surface area contributed by atoms with E-state index in [4.69, 9.17) is 5.73 Å². The highest BCUT2D eigenvalue weighted by molar-refractivity contribution is 5.85. The maximum atomic E-state index is 12.1. The van der Waals surface area contributed by atoms with Crippen LogP contribution in [0.15, 0.2) is 29.2 Å². The molecule has 3 heterocycles. The maximum absolute atomic E-state index is 12.1. The lowest BCUT2D eigenvalue weighted by Gasteiger charge is -2.14. The summed E-state index contributed by atoms with van der Waals surface area (Å²) in [6.07, 6.45) is 2.84. The van der Waals surface area contributed by atoms with E-state index < -0.39 is 0 Å². The number of likely N-dealkylation sites (tertiary alicyclic amines) is 1. The van der Waals surface area contributed by atoms with Gasteiger partial charge in [-0.2, -0.15) is 0 Å². The molecule has 1 aliphatic rings. The molecule has 2 aromatic rings. The van der Waals surface area contributed by atoms with Crippen molar-refractivity contribution in [3.05, 3.63) is 46.0 Å². The number of rotatable bonds is 2. The van der Waals surface area contributed by atoms with Crippen molar-refractivity contribution in [2.75, 3.05) is 13.1 Å². The highest BCUT2D eigenvalue weighted by Gasteiger charge is 2.19. The molecule has 0 bridgehead atoms. The minimum Gasteiger partial charge on any atom is -0.326 e. The summed E-state index contributed by atoms with van der Waals surface area (Å²) in [7, 11) is 0. The minimum absolute atomic E-state index is 0. The highest BCUT2D eigenvalue weighted by Crippen LogP contribution is 2.11. The number of aromatic nitrogens is 2. The van der Waals surface area contributed by atoms with Gasteiger partial charge in [-0.05, 0) is 25.0 Å². The first-order valence-electron chi connectivity index (χ1n) is 6.59. The average molecular weight is 295 g/mol. The summed E-state index contributed by atoms with van der Waals surface area (Å²) in [5.74, 6) is 0. The molecule has 0 radical (unpaired) electrons. The number of nitrogens with two attached hydrogens (primary N) is 1. The molecule has 1 aliphatic heterocycles. The maximum Gasteiger partial charge on any atom is 0.258 e. The Bertz CT molecular complexity index is 670. The predicted octanol–water partition coefficient (Wildman–Crippen LogP) is 0.958. The van der Waals surface area contributed by atoms with E-state index in [0.29, 0.717) is 12.2 Å². The molecule has 1 atom stereocenters. The van der Waals surface area contributed by atoms with Crippen molar-refractivity contribution in [2.24, 2.45) is 5.73 Å². The summed E-state index contributed by atoms with van der Waals surface area (Å²) < 4.78 is 1.59. The Morgan fingerprint density at radius 1 is 1.45 bits per heavy atom. The zero-order valence-electron chi connectivity index (χ0n) is 11.5. The zero-order chi connectivity index (χ0) is 13.4. The number of nitrogens with zero attached hydrogens (tertiary/aromatic N) is 3. The molecule has 0 aromatic carbocycles. The van der Waals surface area contributed by atoms with Crippen molar-refractivity contribution in [3.8, 4) is 0 Å². The van der Waals surface area contributed by atoms with Crippen LogP contribution in [0.2, 0.25) is 0 Å². The molecule has 0 spiro atoms. The Morgan fingerprint density at radius 2 is 2.25 bits per heavy atom. The third-order valence-corrected chi connectivity index (χ3v) is 3.55. The summed E-state index contributed by atoms with van der Waals surface area (Å²) in [6.45, 7) is 4.53. The lowest BCUT2D eigenvalue weighted by molar-refractivity contribution is 0.323. The van der Waals surface area contributed by atoms with Crippen LogP contribution in [-0.4, -0.2) is 33.4 Å². The van der Waals surface area contributed by atoms with Crippen molar-refractivity contribution < 1.29 is 0 Å². The molecule has 0 saturated carbocycles. The van der Waals surface area contributed by atoms with Crippen LogP contribution in [0.25, 0.3) is 5.65 Å². The van der Waals surface area contributed by atoms with Crippen molar-refractivity contribution in [2.45, 2.75) is 25.9 Å². The van der Waals surface area contributed by atoms with Gasteiger partial charge in [0.05, 0.1) is 5.69 Å². The van der Waals surface area contributed by atoms with Crippen LogP contribution in [0.1, 0.15) is 17.7 Å². The number of hydrogen-bond donors (Lipinski definition) is 1. The lowest BCUT2D eigenvalue weighted by Crippen LogP contribution is -2.27. The molecule has 1 saturated heterocycles. The van der Waals surface area contributed by atoms with Gasteiger partial charge in [0.15, 0.2) is 0 Å². The van der Waals surface area contributed by atoms with E-state index in [1.54, 1.807) is 10.5 Å². The molecule has 2 N–H and O–H groups in total. The molecule has 5 nitrogen and oxygen atoms in total. The van der Waals surface area contributed by atoms with E-state index in [1.165, 1.54) is 0 Å². The summed E-state index contributed by atoms with van der Waals surface area (Å²) in [4.78, 5) is 18.9. The molecule has 3 rings (SSSR count). The molecule has 1 fully saturated rings. The molecule has 2 aromatic heterocycles. The molecule has 20 heavy (non-hydrogen) atoms. The number of hydrogen-bond acceptors (Lipinski definition) is 4. The summed E-state index contributed by atoms with van der Waals surface area (Å²) in [5, 5.41) is 0. The quantitative estimate of drug-likeness (QED) is 0.896. The van der Waals surface area contributed by atoms with Gasteiger partial charge in [-0.25, -0.2) is 4.98 Å². The number of pyridine rings is 1. The van der Waals surface area contributed by atoms with E-state index in [-0.39, 0.29) is 24.0 Å². The van der Waals surface area contributed by atoms with Crippen molar-refractivity contribution in [1.82, 2.24) is 14.3 Å². The fourth-order valence-corrected chi connectivity index (χ4v) is 2.57. The minimum atomic E-state index is -0.0211. The van der Waals surface area contributed by atoms with Gasteiger partial charge in [-0.1, -0.05) is 6.07 Å². The van der Waals surface area contributed by atoms with Gasteiger partial charge in [0, 0.05) is 37.9 Å². The Morgan fingerprint density at radius 3 is 2.95 bits per heavy atom. The number of fused-ring (bicyclic) bond motifs is 1. The zero-order valence-corrected chi connectivity index (χ0v) is 12.3. The fourth-order valence-electron chi connectivity index (χ4n) is 2.57. The average Bonchev–Trinajstić information content (AvgIpc) is 2.76. The van der Waals surface area contributed by atoms with Gasteiger partial charge in [-0.3, -0.25) is 14.1 Å². The topological polar surface area (TPSA) is 63.6 Å². The number of halogens is 1. The predicted molar refractivity (Wildman–Crippen MR) is 81.3 cm³/mol. The van der Waals surface area contributed by atoms with Gasteiger partial charge in [0.2, 0.25) is 0 Å². The van der Waals surface area contributed by atoms with Gasteiger partial charge >= 0.3 is 0 Å². The summed E-state index contributed by atoms with van der Waals surface area (Å²) in [6, 6.07) is 5.73. The van der Waals surface area contributed by atoms with Crippen LogP contribution in [0.5, 0.6) is 0 Å². The van der Waals surface area contributed by atoms with E-state index in [0.717, 1.165) is 30.8 Å². The molecule has 0 aliphatic carbocycles. The van der Waals surface area contributed by atoms with Crippen molar-refractivity contribution >= 4 is 18.1 Å². The first-order chi connectivity index (χ1) is 9.11. The molecule has 0 unspecified atom stereocenters. The Labute approximate surface area is 123 Å². The molecule has 0 amide bonds. The smallest absolute Gasteiger partial charge is 0.258 e. The first kappa shape index (κ1) is 15.0. The first-order valence-corrected chi connectivity index (χ1v) is 6.59. The Hall–Kier alpha value is -1.43. The monoisotopic (exact) mass is 294 g/mol. The summed E-state index contributed by atoms with van der Waals surface area (Å²) in [5.41, 5.74) is 8.44. The molecular weight excluding hydrogens is 276 g/mol. The van der Waals surface area contributed by atoms with E-state index in [2.05, 4.69) is 9.88 Å². The van der Waals surface area contributed by atoms with Gasteiger partial charge in [0.25, 0.3) is 5.56 Å². The van der Waals surface area contributed by atoms with Crippen LogP contribution in [0.3, 0.4) is 0 Å². The highest BCUT2D eigenvalue weighted by atomic mass is 35.5. The van der Waals surface area contributed by atoms with Gasteiger partial charge in [-0.15, -0.1) is 12.4 Å².